The summed E-state index contributed by atoms with van der Waals surface area (Å²) >= 11 is 0. The lowest BCUT2D eigenvalue weighted by Gasteiger charge is -2.30. The molecule has 2 nitrogen and oxygen atoms in total. The van der Waals surface area contributed by atoms with Gasteiger partial charge in [-0.2, -0.15) is 0 Å². The Kier molecular flexibility index (Phi) is 8.52. The maximum Gasteiger partial charge on any atom is 0.122 e. The van der Waals surface area contributed by atoms with Gasteiger partial charge >= 0.3 is 0 Å². The predicted molar refractivity (Wildman–Crippen MR) is 107 cm³/mol. The third kappa shape index (κ3) is 5.96. The second-order valence-electron chi connectivity index (χ2n) is 7.36. The highest BCUT2D eigenvalue weighted by Gasteiger charge is 2.26. The van der Waals surface area contributed by atoms with Crippen molar-refractivity contribution in [1.82, 2.24) is 0 Å². The highest BCUT2D eigenvalue weighted by molar-refractivity contribution is 5.87. The van der Waals surface area contributed by atoms with Crippen LogP contribution in [0, 0.1) is 12.3 Å². The molecule has 0 saturated heterocycles. The average molecular weight is 332 g/mol. The maximum atomic E-state index is 5.63. The van der Waals surface area contributed by atoms with Crippen LogP contribution in [0.25, 0.3) is 0 Å². The van der Waals surface area contributed by atoms with Crippen molar-refractivity contribution in [3.8, 4) is 5.75 Å². The number of rotatable bonds is 10. The van der Waals surface area contributed by atoms with Crippen LogP contribution in [0.15, 0.2) is 23.2 Å². The largest absolute Gasteiger partial charge is 0.494 e. The molecule has 0 aliphatic rings. The van der Waals surface area contributed by atoms with E-state index in [4.69, 9.17) is 9.73 Å². The summed E-state index contributed by atoms with van der Waals surface area (Å²) in [6.07, 6.45) is 5.88. The monoisotopic (exact) mass is 331 g/mol. The maximum absolute atomic E-state index is 5.63. The zero-order chi connectivity index (χ0) is 18.2. The van der Waals surface area contributed by atoms with Gasteiger partial charge in [0.25, 0.3) is 0 Å². The molecule has 0 radical (unpaired) electrons. The summed E-state index contributed by atoms with van der Waals surface area (Å²) < 4.78 is 5.63. The van der Waals surface area contributed by atoms with Crippen LogP contribution in [-0.2, 0) is 6.42 Å². The van der Waals surface area contributed by atoms with Gasteiger partial charge in [-0.05, 0) is 64.2 Å². The quantitative estimate of drug-likeness (QED) is 0.455. The Hall–Kier alpha value is -1.31. The minimum atomic E-state index is 0.256. The van der Waals surface area contributed by atoms with Gasteiger partial charge in [-0.25, -0.2) is 0 Å². The molecule has 24 heavy (non-hydrogen) atoms. The van der Waals surface area contributed by atoms with Gasteiger partial charge in [-0.1, -0.05) is 45.7 Å². The van der Waals surface area contributed by atoms with Gasteiger partial charge in [0, 0.05) is 11.1 Å². The van der Waals surface area contributed by atoms with Gasteiger partial charge in [0.1, 0.15) is 5.75 Å². The molecule has 1 unspecified atom stereocenters. The van der Waals surface area contributed by atoms with Crippen molar-refractivity contribution < 1.29 is 4.74 Å². The molecule has 1 aromatic carbocycles. The zero-order valence-electron chi connectivity index (χ0n) is 16.9. The van der Waals surface area contributed by atoms with E-state index >= 15 is 0 Å². The Morgan fingerprint density at radius 3 is 2.29 bits per heavy atom. The molecule has 0 heterocycles. The van der Waals surface area contributed by atoms with E-state index in [1.54, 1.807) is 0 Å². The summed E-state index contributed by atoms with van der Waals surface area (Å²) in [4.78, 5) is 5.06. The van der Waals surface area contributed by atoms with Crippen molar-refractivity contribution in [2.75, 3.05) is 6.61 Å². The van der Waals surface area contributed by atoms with Crippen molar-refractivity contribution in [3.63, 3.8) is 0 Å². The molecular weight excluding hydrogens is 294 g/mol. The molecule has 0 aliphatic carbocycles. The van der Waals surface area contributed by atoms with Gasteiger partial charge < -0.3 is 4.74 Å². The summed E-state index contributed by atoms with van der Waals surface area (Å²) in [5.74, 6) is 0.993. The molecule has 0 aromatic heterocycles. The highest BCUT2D eigenvalue weighted by atomic mass is 16.5. The van der Waals surface area contributed by atoms with Crippen molar-refractivity contribution >= 4 is 5.71 Å². The summed E-state index contributed by atoms with van der Waals surface area (Å²) in [6.45, 7) is 16.2. The number of nitrogens with zero attached hydrogens (tertiary/aromatic N) is 1. The first-order valence-electron chi connectivity index (χ1n) is 9.63. The average Bonchev–Trinajstić information content (AvgIpc) is 2.50. The summed E-state index contributed by atoms with van der Waals surface area (Å²) in [7, 11) is 0. The number of hydrogen-bond donors (Lipinski definition) is 0. The number of benzene rings is 1. The smallest absolute Gasteiger partial charge is 0.122 e. The fourth-order valence-electron chi connectivity index (χ4n) is 3.62. The van der Waals surface area contributed by atoms with E-state index in [1.165, 1.54) is 42.5 Å². The molecule has 2 heteroatoms. The van der Waals surface area contributed by atoms with Crippen LogP contribution >= 0.6 is 0 Å². The number of aliphatic imine (C=N–C) groups is 1. The lowest BCUT2D eigenvalue weighted by Crippen LogP contribution is -2.27. The first-order valence-corrected chi connectivity index (χ1v) is 9.63. The van der Waals surface area contributed by atoms with Gasteiger partial charge in [-0.15, -0.1) is 0 Å². The molecular formula is C22H37NO. The van der Waals surface area contributed by atoms with E-state index in [0.29, 0.717) is 12.6 Å². The van der Waals surface area contributed by atoms with E-state index in [1.807, 2.05) is 6.92 Å². The van der Waals surface area contributed by atoms with E-state index in [9.17, 15) is 0 Å². The highest BCUT2D eigenvalue weighted by Crippen LogP contribution is 2.31. The molecule has 0 aliphatic heterocycles. The molecule has 1 rings (SSSR count). The summed E-state index contributed by atoms with van der Waals surface area (Å²) in [6, 6.07) is 6.83. The van der Waals surface area contributed by atoms with Gasteiger partial charge in [0.05, 0.1) is 12.6 Å². The predicted octanol–water partition coefficient (Wildman–Crippen LogP) is 6.39. The number of ether oxygens (including phenoxy) is 1. The van der Waals surface area contributed by atoms with E-state index in [-0.39, 0.29) is 5.41 Å². The van der Waals surface area contributed by atoms with Crippen LogP contribution in [0.5, 0.6) is 5.75 Å². The van der Waals surface area contributed by atoms with Crippen LogP contribution in [-0.4, -0.2) is 18.4 Å². The Morgan fingerprint density at radius 1 is 1.17 bits per heavy atom. The molecule has 0 N–H and O–H groups in total. The fourth-order valence-corrected chi connectivity index (χ4v) is 3.62. The molecule has 1 aromatic rings. The van der Waals surface area contributed by atoms with Crippen LogP contribution in [0.1, 0.15) is 78.4 Å². The minimum absolute atomic E-state index is 0.256. The van der Waals surface area contributed by atoms with E-state index in [0.717, 1.165) is 12.2 Å². The van der Waals surface area contributed by atoms with Gasteiger partial charge in [0.2, 0.25) is 0 Å². The van der Waals surface area contributed by atoms with E-state index in [2.05, 4.69) is 59.7 Å². The van der Waals surface area contributed by atoms with Crippen molar-refractivity contribution in [3.05, 3.63) is 29.3 Å². The molecule has 0 bridgehead atoms. The van der Waals surface area contributed by atoms with Crippen LogP contribution in [0.3, 0.4) is 0 Å². The minimum Gasteiger partial charge on any atom is -0.494 e. The lowest BCUT2D eigenvalue weighted by atomic mass is 9.77. The third-order valence-electron chi connectivity index (χ3n) is 4.96. The summed E-state index contributed by atoms with van der Waals surface area (Å²) in [5, 5.41) is 0. The second kappa shape index (κ2) is 9.86. The van der Waals surface area contributed by atoms with Crippen LogP contribution < -0.4 is 4.74 Å². The van der Waals surface area contributed by atoms with Crippen LogP contribution in [0.2, 0.25) is 0 Å². The summed E-state index contributed by atoms with van der Waals surface area (Å²) in [5.41, 5.74) is 4.13. The fraction of sp³-hybridized carbons (Fsp3) is 0.682. The Morgan fingerprint density at radius 2 is 1.79 bits per heavy atom. The van der Waals surface area contributed by atoms with Crippen molar-refractivity contribution in [2.24, 2.45) is 10.4 Å². The van der Waals surface area contributed by atoms with Crippen molar-refractivity contribution in [1.29, 1.82) is 0 Å². The topological polar surface area (TPSA) is 21.6 Å². The van der Waals surface area contributed by atoms with Crippen LogP contribution in [0.4, 0.5) is 0 Å². The Labute approximate surface area is 149 Å². The Balaban J connectivity index is 2.82. The lowest BCUT2D eigenvalue weighted by molar-refractivity contribution is 0.338. The standard InChI is InChI=1S/C22H37NO/c1-8-13-22(7,14-9-2)19(6)23-18(5)16-20-11-12-21(24-10-3)17(4)15-20/h11-12,15,18H,8-10,13-14,16H2,1-7H3. The first kappa shape index (κ1) is 20.7. The molecule has 1 atom stereocenters. The van der Waals surface area contributed by atoms with E-state index < -0.39 is 0 Å². The third-order valence-corrected chi connectivity index (χ3v) is 4.96. The SMILES string of the molecule is CCCC(C)(CCC)C(C)=NC(C)Cc1ccc(OCC)c(C)c1. The first-order chi connectivity index (χ1) is 11.4. The molecule has 0 amide bonds. The van der Waals surface area contributed by atoms with Gasteiger partial charge in [0.15, 0.2) is 0 Å². The van der Waals surface area contributed by atoms with Gasteiger partial charge in [-0.3, -0.25) is 4.99 Å². The normalized spacial score (nSPS) is 13.9. The molecule has 0 saturated carbocycles. The zero-order valence-corrected chi connectivity index (χ0v) is 16.9. The molecule has 0 fully saturated rings. The second-order valence-corrected chi connectivity index (χ2v) is 7.36. The molecule has 0 spiro atoms. The number of aryl methyl sites for hydroxylation is 1. The van der Waals surface area contributed by atoms with Crippen molar-refractivity contribution in [2.45, 2.75) is 86.6 Å². The number of hydrogen-bond acceptors (Lipinski definition) is 2. The Bertz CT molecular complexity index is 527. The molecule has 136 valence electrons.